The Morgan fingerprint density at radius 1 is 1.37 bits per heavy atom. The first-order valence-electron chi connectivity index (χ1n) is 7.19. The quantitative estimate of drug-likeness (QED) is 0.705. The van der Waals surface area contributed by atoms with Gasteiger partial charge in [0.15, 0.2) is 0 Å². The summed E-state index contributed by atoms with van der Waals surface area (Å²) >= 11 is 6.35. The zero-order valence-electron chi connectivity index (χ0n) is 11.9. The highest BCUT2D eigenvalue weighted by atomic mass is 35.5. The number of aromatic nitrogens is 2. The van der Waals surface area contributed by atoms with Gasteiger partial charge in [-0.2, -0.15) is 0 Å². The molecular formula is C16H21ClN2. The number of halogens is 1. The van der Waals surface area contributed by atoms with Crippen LogP contribution in [0.15, 0.2) is 18.2 Å². The Morgan fingerprint density at radius 2 is 2.16 bits per heavy atom. The lowest BCUT2D eigenvalue weighted by atomic mass is 10.1. The molecule has 0 amide bonds. The van der Waals surface area contributed by atoms with Crippen LogP contribution in [0.5, 0.6) is 0 Å². The van der Waals surface area contributed by atoms with Gasteiger partial charge >= 0.3 is 0 Å². The summed E-state index contributed by atoms with van der Waals surface area (Å²) in [6, 6.07) is 7.09. The standard InChI is InChI=1S/C16H21ClN2/c1-10-4-6-13(8-10)19-15-7-5-11(2)9-14(15)18-16(19)12(3)17/h5,7,9-10,12-13H,4,6,8H2,1-3H3. The van der Waals surface area contributed by atoms with Crippen LogP contribution >= 0.6 is 11.6 Å². The number of benzene rings is 1. The Balaban J connectivity index is 2.16. The summed E-state index contributed by atoms with van der Waals surface area (Å²) in [4.78, 5) is 4.77. The number of fused-ring (bicyclic) bond motifs is 1. The summed E-state index contributed by atoms with van der Waals surface area (Å²) < 4.78 is 2.40. The summed E-state index contributed by atoms with van der Waals surface area (Å²) in [6.07, 6.45) is 3.80. The highest BCUT2D eigenvalue weighted by Crippen LogP contribution is 2.39. The van der Waals surface area contributed by atoms with Crippen molar-refractivity contribution >= 4 is 22.6 Å². The normalized spacial score (nSPS) is 25.1. The zero-order valence-corrected chi connectivity index (χ0v) is 12.6. The lowest BCUT2D eigenvalue weighted by Gasteiger charge is -2.17. The zero-order chi connectivity index (χ0) is 13.6. The van der Waals surface area contributed by atoms with Gasteiger partial charge in [0.25, 0.3) is 0 Å². The third-order valence-electron chi connectivity index (χ3n) is 4.26. The van der Waals surface area contributed by atoms with E-state index in [1.807, 2.05) is 6.92 Å². The fourth-order valence-electron chi connectivity index (χ4n) is 3.30. The van der Waals surface area contributed by atoms with Crippen molar-refractivity contribution in [1.82, 2.24) is 9.55 Å². The summed E-state index contributed by atoms with van der Waals surface area (Å²) in [6.45, 7) is 6.47. The molecule has 1 fully saturated rings. The van der Waals surface area contributed by atoms with E-state index in [0.717, 1.165) is 17.3 Å². The van der Waals surface area contributed by atoms with Crippen LogP contribution in [0.3, 0.4) is 0 Å². The third kappa shape index (κ3) is 2.27. The number of imidazole rings is 1. The molecule has 1 aromatic heterocycles. The van der Waals surface area contributed by atoms with Gasteiger partial charge in [0.1, 0.15) is 5.82 Å². The number of aryl methyl sites for hydroxylation is 1. The Kier molecular flexibility index (Phi) is 3.30. The average molecular weight is 277 g/mol. The molecule has 2 nitrogen and oxygen atoms in total. The topological polar surface area (TPSA) is 17.8 Å². The van der Waals surface area contributed by atoms with Crippen molar-refractivity contribution in [2.45, 2.75) is 51.5 Å². The van der Waals surface area contributed by atoms with E-state index in [1.165, 1.54) is 30.3 Å². The number of hydrogen-bond acceptors (Lipinski definition) is 1. The van der Waals surface area contributed by atoms with E-state index in [1.54, 1.807) is 0 Å². The van der Waals surface area contributed by atoms with Gasteiger partial charge in [-0.05, 0) is 56.7 Å². The Morgan fingerprint density at radius 3 is 2.79 bits per heavy atom. The smallest absolute Gasteiger partial charge is 0.127 e. The largest absolute Gasteiger partial charge is 0.324 e. The van der Waals surface area contributed by atoms with Crippen molar-refractivity contribution in [2.75, 3.05) is 0 Å². The van der Waals surface area contributed by atoms with E-state index >= 15 is 0 Å². The predicted octanol–water partition coefficient (Wildman–Crippen LogP) is 5.01. The lowest BCUT2D eigenvalue weighted by Crippen LogP contribution is -2.10. The summed E-state index contributed by atoms with van der Waals surface area (Å²) in [5.41, 5.74) is 3.58. The Hall–Kier alpha value is -1.02. The van der Waals surface area contributed by atoms with Gasteiger partial charge in [0.05, 0.1) is 16.4 Å². The minimum absolute atomic E-state index is 0.0383. The lowest BCUT2D eigenvalue weighted by molar-refractivity contribution is 0.488. The predicted molar refractivity (Wildman–Crippen MR) is 80.8 cm³/mol. The van der Waals surface area contributed by atoms with Crippen LogP contribution < -0.4 is 0 Å². The second-order valence-electron chi connectivity index (χ2n) is 6.02. The fourth-order valence-corrected chi connectivity index (χ4v) is 3.46. The molecule has 0 saturated heterocycles. The van der Waals surface area contributed by atoms with E-state index < -0.39 is 0 Å². The molecule has 102 valence electrons. The first-order chi connectivity index (χ1) is 9.06. The first-order valence-corrected chi connectivity index (χ1v) is 7.62. The van der Waals surface area contributed by atoms with Gasteiger partial charge in [0.2, 0.25) is 0 Å². The third-order valence-corrected chi connectivity index (χ3v) is 4.46. The van der Waals surface area contributed by atoms with Gasteiger partial charge < -0.3 is 4.57 Å². The van der Waals surface area contributed by atoms with Crippen LogP contribution in [0.25, 0.3) is 11.0 Å². The van der Waals surface area contributed by atoms with Crippen LogP contribution in [0.1, 0.15) is 55.9 Å². The second-order valence-corrected chi connectivity index (χ2v) is 6.67. The maximum Gasteiger partial charge on any atom is 0.127 e. The van der Waals surface area contributed by atoms with Crippen molar-refractivity contribution in [1.29, 1.82) is 0 Å². The number of hydrogen-bond donors (Lipinski definition) is 0. The van der Waals surface area contributed by atoms with Crippen molar-refractivity contribution in [3.05, 3.63) is 29.6 Å². The van der Waals surface area contributed by atoms with E-state index in [0.29, 0.717) is 6.04 Å². The average Bonchev–Trinajstić information content (AvgIpc) is 2.91. The van der Waals surface area contributed by atoms with Crippen molar-refractivity contribution in [3.8, 4) is 0 Å². The van der Waals surface area contributed by atoms with Crippen molar-refractivity contribution < 1.29 is 0 Å². The fraction of sp³-hybridized carbons (Fsp3) is 0.562. The molecule has 0 bridgehead atoms. The summed E-state index contributed by atoms with van der Waals surface area (Å²) in [5, 5.41) is -0.0383. The molecule has 3 atom stereocenters. The van der Waals surface area contributed by atoms with E-state index in [-0.39, 0.29) is 5.38 Å². The van der Waals surface area contributed by atoms with Gasteiger partial charge in [-0.1, -0.05) is 13.0 Å². The van der Waals surface area contributed by atoms with Crippen LogP contribution in [0.2, 0.25) is 0 Å². The van der Waals surface area contributed by atoms with Crippen LogP contribution in [-0.2, 0) is 0 Å². The first kappa shape index (κ1) is 13.0. The van der Waals surface area contributed by atoms with Gasteiger partial charge in [-0.15, -0.1) is 11.6 Å². The molecular weight excluding hydrogens is 256 g/mol. The number of rotatable bonds is 2. The molecule has 1 aliphatic carbocycles. The number of alkyl halides is 1. The highest BCUT2D eigenvalue weighted by Gasteiger charge is 2.27. The van der Waals surface area contributed by atoms with Gasteiger partial charge in [0, 0.05) is 6.04 Å². The Labute approximate surface area is 119 Å². The molecule has 3 unspecified atom stereocenters. The highest BCUT2D eigenvalue weighted by molar-refractivity contribution is 6.20. The molecule has 3 heteroatoms. The molecule has 0 N–H and O–H groups in total. The number of nitrogens with zero attached hydrogens (tertiary/aromatic N) is 2. The molecule has 0 radical (unpaired) electrons. The Bertz CT molecular complexity index is 600. The van der Waals surface area contributed by atoms with Gasteiger partial charge in [-0.25, -0.2) is 4.98 Å². The molecule has 2 aromatic rings. The molecule has 3 rings (SSSR count). The molecule has 19 heavy (non-hydrogen) atoms. The van der Waals surface area contributed by atoms with E-state index in [2.05, 4.69) is 36.6 Å². The SMILES string of the molecule is Cc1ccc2c(c1)nc(C(C)Cl)n2C1CCC(C)C1. The molecule has 1 aromatic carbocycles. The summed E-state index contributed by atoms with van der Waals surface area (Å²) in [5.74, 6) is 1.84. The summed E-state index contributed by atoms with van der Waals surface area (Å²) in [7, 11) is 0. The van der Waals surface area contributed by atoms with Crippen LogP contribution in [0.4, 0.5) is 0 Å². The van der Waals surface area contributed by atoms with Crippen LogP contribution in [0, 0.1) is 12.8 Å². The molecule has 1 aliphatic rings. The molecule has 1 heterocycles. The maximum atomic E-state index is 6.35. The maximum absolute atomic E-state index is 6.35. The van der Waals surface area contributed by atoms with Crippen molar-refractivity contribution in [3.63, 3.8) is 0 Å². The molecule has 0 spiro atoms. The van der Waals surface area contributed by atoms with Crippen LogP contribution in [-0.4, -0.2) is 9.55 Å². The van der Waals surface area contributed by atoms with Crippen molar-refractivity contribution in [2.24, 2.45) is 5.92 Å². The minimum Gasteiger partial charge on any atom is -0.324 e. The van der Waals surface area contributed by atoms with E-state index in [9.17, 15) is 0 Å². The molecule has 0 aliphatic heterocycles. The molecule has 1 saturated carbocycles. The van der Waals surface area contributed by atoms with Gasteiger partial charge in [-0.3, -0.25) is 0 Å². The van der Waals surface area contributed by atoms with E-state index in [4.69, 9.17) is 16.6 Å². The monoisotopic (exact) mass is 276 g/mol. The minimum atomic E-state index is -0.0383. The second kappa shape index (κ2) is 4.82.